The van der Waals surface area contributed by atoms with Crippen molar-refractivity contribution in [3.8, 4) is 0 Å². The van der Waals surface area contributed by atoms with Crippen LogP contribution >= 0.6 is 12.6 Å². The van der Waals surface area contributed by atoms with Gasteiger partial charge in [0.25, 0.3) is 0 Å². The van der Waals surface area contributed by atoms with Gasteiger partial charge in [0.15, 0.2) is 0 Å². The number of aryl methyl sites for hydroxylation is 2. The summed E-state index contributed by atoms with van der Waals surface area (Å²) >= 11 is 4.78. The first-order chi connectivity index (χ1) is 6.63. The van der Waals surface area contributed by atoms with E-state index in [0.717, 1.165) is 6.42 Å². The monoisotopic (exact) mass is 206 g/mol. The van der Waals surface area contributed by atoms with Gasteiger partial charge in [0.1, 0.15) is 0 Å². The van der Waals surface area contributed by atoms with Gasteiger partial charge in [0.2, 0.25) is 0 Å². The molecule has 0 N–H and O–H groups in total. The number of hydrogen-bond acceptors (Lipinski definition) is 1. The third-order valence-corrected chi connectivity index (χ3v) is 3.74. The van der Waals surface area contributed by atoms with Crippen LogP contribution in [0.1, 0.15) is 43.4 Å². The summed E-state index contributed by atoms with van der Waals surface area (Å²) in [5.74, 6) is 0. The number of thiol groups is 1. The SMILES string of the molecule is CCc1ccc2c(c1)C(C)(S)CCC2. The molecule has 1 unspecified atom stereocenters. The normalized spacial score (nSPS) is 25.9. The minimum absolute atomic E-state index is 0.0960. The van der Waals surface area contributed by atoms with Crippen molar-refractivity contribution in [2.24, 2.45) is 0 Å². The molecular formula is C13H18S. The van der Waals surface area contributed by atoms with E-state index in [1.165, 1.54) is 36.0 Å². The third-order valence-electron chi connectivity index (χ3n) is 3.27. The molecule has 0 aliphatic heterocycles. The van der Waals surface area contributed by atoms with E-state index in [2.05, 4.69) is 32.0 Å². The largest absolute Gasteiger partial charge is 0.168 e. The Kier molecular flexibility index (Phi) is 2.61. The number of rotatable bonds is 1. The summed E-state index contributed by atoms with van der Waals surface area (Å²) in [5.41, 5.74) is 4.41. The van der Waals surface area contributed by atoms with Gasteiger partial charge >= 0.3 is 0 Å². The second-order valence-corrected chi connectivity index (χ2v) is 5.46. The van der Waals surface area contributed by atoms with Crippen LogP contribution in [0.25, 0.3) is 0 Å². The summed E-state index contributed by atoms with van der Waals surface area (Å²) in [5, 5.41) is 0. The first-order valence-corrected chi connectivity index (χ1v) is 5.93. The summed E-state index contributed by atoms with van der Waals surface area (Å²) in [6.45, 7) is 4.45. The van der Waals surface area contributed by atoms with Crippen LogP contribution in [0.2, 0.25) is 0 Å². The van der Waals surface area contributed by atoms with Crippen molar-refractivity contribution in [2.75, 3.05) is 0 Å². The number of benzene rings is 1. The average molecular weight is 206 g/mol. The molecule has 2 rings (SSSR count). The van der Waals surface area contributed by atoms with E-state index in [4.69, 9.17) is 12.6 Å². The molecule has 1 heteroatoms. The standard InChI is InChI=1S/C13H18S/c1-3-10-6-7-11-5-4-8-13(2,14)12(11)9-10/h6-7,9,14H,3-5,8H2,1-2H3. The van der Waals surface area contributed by atoms with Gasteiger partial charge in [-0.1, -0.05) is 25.1 Å². The van der Waals surface area contributed by atoms with E-state index in [9.17, 15) is 0 Å². The van der Waals surface area contributed by atoms with Gasteiger partial charge < -0.3 is 0 Å². The Balaban J connectivity index is 2.49. The van der Waals surface area contributed by atoms with Gasteiger partial charge in [-0.3, -0.25) is 0 Å². The number of hydrogen-bond donors (Lipinski definition) is 1. The van der Waals surface area contributed by atoms with E-state index in [-0.39, 0.29) is 4.75 Å². The van der Waals surface area contributed by atoms with Crippen molar-refractivity contribution in [2.45, 2.75) is 44.3 Å². The van der Waals surface area contributed by atoms with E-state index in [1.54, 1.807) is 0 Å². The van der Waals surface area contributed by atoms with Gasteiger partial charge in [-0.25, -0.2) is 0 Å². The Morgan fingerprint density at radius 3 is 2.93 bits per heavy atom. The van der Waals surface area contributed by atoms with Crippen LogP contribution in [0.3, 0.4) is 0 Å². The topological polar surface area (TPSA) is 0 Å². The van der Waals surface area contributed by atoms with Gasteiger partial charge in [-0.15, -0.1) is 0 Å². The van der Waals surface area contributed by atoms with Crippen LogP contribution in [0.4, 0.5) is 0 Å². The molecule has 14 heavy (non-hydrogen) atoms. The Hall–Kier alpha value is -0.430. The molecule has 0 spiro atoms. The molecule has 76 valence electrons. The van der Waals surface area contributed by atoms with Crippen LogP contribution in [0.5, 0.6) is 0 Å². The maximum absolute atomic E-state index is 4.78. The molecule has 0 fully saturated rings. The lowest BCUT2D eigenvalue weighted by molar-refractivity contribution is 0.548. The molecular weight excluding hydrogens is 188 g/mol. The van der Waals surface area contributed by atoms with Gasteiger partial charge in [0.05, 0.1) is 0 Å². The fraction of sp³-hybridized carbons (Fsp3) is 0.538. The molecule has 0 bridgehead atoms. The second kappa shape index (κ2) is 3.62. The molecule has 0 heterocycles. The highest BCUT2D eigenvalue weighted by molar-refractivity contribution is 7.81. The first-order valence-electron chi connectivity index (χ1n) is 5.48. The first kappa shape index (κ1) is 10.1. The van der Waals surface area contributed by atoms with Crippen molar-refractivity contribution in [1.82, 2.24) is 0 Å². The molecule has 0 radical (unpaired) electrons. The van der Waals surface area contributed by atoms with Crippen molar-refractivity contribution in [3.05, 3.63) is 34.9 Å². The van der Waals surface area contributed by atoms with E-state index >= 15 is 0 Å². The van der Waals surface area contributed by atoms with E-state index < -0.39 is 0 Å². The highest BCUT2D eigenvalue weighted by Crippen LogP contribution is 2.40. The van der Waals surface area contributed by atoms with Crippen LogP contribution in [0, 0.1) is 0 Å². The van der Waals surface area contributed by atoms with Crippen molar-refractivity contribution >= 4 is 12.6 Å². The maximum atomic E-state index is 4.78. The van der Waals surface area contributed by atoms with Gasteiger partial charge in [-0.05, 0) is 49.3 Å². The van der Waals surface area contributed by atoms with Crippen LogP contribution in [0.15, 0.2) is 18.2 Å². The van der Waals surface area contributed by atoms with Gasteiger partial charge in [0, 0.05) is 4.75 Å². The predicted molar refractivity (Wildman–Crippen MR) is 65.1 cm³/mol. The fourth-order valence-electron chi connectivity index (χ4n) is 2.32. The maximum Gasteiger partial charge on any atom is 0.0353 e. The predicted octanol–water partition coefficient (Wildman–Crippen LogP) is 3.73. The Bertz CT molecular complexity index is 339. The molecule has 1 aliphatic carbocycles. The zero-order valence-electron chi connectivity index (χ0n) is 9.01. The summed E-state index contributed by atoms with van der Waals surface area (Å²) in [4.78, 5) is 0. The molecule has 1 aromatic carbocycles. The van der Waals surface area contributed by atoms with Crippen molar-refractivity contribution in [3.63, 3.8) is 0 Å². The highest BCUT2D eigenvalue weighted by atomic mass is 32.1. The molecule has 0 aromatic heterocycles. The Labute approximate surface area is 92.1 Å². The molecule has 0 amide bonds. The van der Waals surface area contributed by atoms with Crippen LogP contribution < -0.4 is 0 Å². The van der Waals surface area contributed by atoms with Crippen LogP contribution in [-0.4, -0.2) is 0 Å². The van der Waals surface area contributed by atoms with Gasteiger partial charge in [-0.2, -0.15) is 12.6 Å². The average Bonchev–Trinajstić information content (AvgIpc) is 2.17. The molecule has 1 aromatic rings. The lowest BCUT2D eigenvalue weighted by atomic mass is 9.82. The molecule has 0 saturated carbocycles. The minimum Gasteiger partial charge on any atom is -0.168 e. The summed E-state index contributed by atoms with van der Waals surface area (Å²) in [6, 6.07) is 6.90. The minimum atomic E-state index is 0.0960. The molecule has 0 nitrogen and oxygen atoms in total. The lowest BCUT2D eigenvalue weighted by Gasteiger charge is -2.32. The quantitative estimate of drug-likeness (QED) is 0.665. The molecule has 1 aliphatic rings. The number of fused-ring (bicyclic) bond motifs is 1. The van der Waals surface area contributed by atoms with Crippen molar-refractivity contribution in [1.29, 1.82) is 0 Å². The summed E-state index contributed by atoms with van der Waals surface area (Å²) < 4.78 is 0.0960. The smallest absolute Gasteiger partial charge is 0.0353 e. The third kappa shape index (κ3) is 1.70. The Morgan fingerprint density at radius 1 is 1.43 bits per heavy atom. The van der Waals surface area contributed by atoms with E-state index in [1.807, 2.05) is 0 Å². The highest BCUT2D eigenvalue weighted by Gasteiger charge is 2.27. The summed E-state index contributed by atoms with van der Waals surface area (Å²) in [6.07, 6.45) is 4.83. The zero-order chi connectivity index (χ0) is 10.2. The second-order valence-electron chi connectivity index (χ2n) is 4.47. The molecule has 1 atom stereocenters. The Morgan fingerprint density at radius 2 is 2.21 bits per heavy atom. The van der Waals surface area contributed by atoms with E-state index in [0.29, 0.717) is 0 Å². The fourth-order valence-corrected chi connectivity index (χ4v) is 2.69. The summed E-state index contributed by atoms with van der Waals surface area (Å²) in [7, 11) is 0. The van der Waals surface area contributed by atoms with Crippen LogP contribution in [-0.2, 0) is 17.6 Å². The van der Waals surface area contributed by atoms with Crippen molar-refractivity contribution < 1.29 is 0 Å². The lowest BCUT2D eigenvalue weighted by Crippen LogP contribution is -2.21. The molecule has 0 saturated heterocycles. The zero-order valence-corrected chi connectivity index (χ0v) is 9.90.